The summed E-state index contributed by atoms with van der Waals surface area (Å²) in [7, 11) is 0. The molecule has 1 aromatic heterocycles. The highest BCUT2D eigenvalue weighted by molar-refractivity contribution is 6.42. The van der Waals surface area contributed by atoms with Crippen LogP contribution in [0, 0.1) is 5.82 Å². The third-order valence-corrected chi connectivity index (χ3v) is 3.99. The van der Waals surface area contributed by atoms with Crippen molar-refractivity contribution in [1.29, 1.82) is 0 Å². The lowest BCUT2D eigenvalue weighted by molar-refractivity contribution is -0.825. The number of nitrogens with zero attached hydrogens (tertiary/aromatic N) is 2. The first-order valence-corrected chi connectivity index (χ1v) is 7.12. The molecule has 0 saturated carbocycles. The second-order valence-corrected chi connectivity index (χ2v) is 5.41. The molecule has 0 fully saturated rings. The van der Waals surface area contributed by atoms with E-state index in [0.717, 1.165) is 5.48 Å². The van der Waals surface area contributed by atoms with Gasteiger partial charge in [0.25, 0.3) is 0 Å². The normalized spacial score (nSPS) is 11.0. The predicted octanol–water partition coefficient (Wildman–Crippen LogP) is 3.11. The van der Waals surface area contributed by atoms with Gasteiger partial charge < -0.3 is 10.4 Å². The van der Waals surface area contributed by atoms with E-state index in [1.807, 2.05) is 0 Å². The highest BCUT2D eigenvalue weighted by Gasteiger charge is 2.15. The maximum atomic E-state index is 14.1. The van der Waals surface area contributed by atoms with Crippen LogP contribution in [-0.4, -0.2) is 20.3 Å². The third kappa shape index (κ3) is 2.87. The summed E-state index contributed by atoms with van der Waals surface area (Å²) in [6.45, 7) is 0. The zero-order valence-electron chi connectivity index (χ0n) is 11.4. The van der Waals surface area contributed by atoms with Crippen molar-refractivity contribution in [1.82, 2.24) is 9.97 Å². The Labute approximate surface area is 139 Å². The number of quaternary nitrogens is 1. The quantitative estimate of drug-likeness (QED) is 0.250. The molecule has 0 bridgehead atoms. The van der Waals surface area contributed by atoms with Gasteiger partial charge in [-0.25, -0.2) is 19.6 Å². The minimum atomic E-state index is -0.710. The van der Waals surface area contributed by atoms with Gasteiger partial charge in [-0.05, 0) is 12.1 Å². The lowest BCUT2D eigenvalue weighted by Crippen LogP contribution is -2.73. The predicted molar refractivity (Wildman–Crippen MR) is 84.3 cm³/mol. The fourth-order valence-electron chi connectivity index (χ4n) is 2.06. The van der Waals surface area contributed by atoms with Crippen LogP contribution in [0.4, 0.5) is 21.6 Å². The van der Waals surface area contributed by atoms with Gasteiger partial charge in [-0.15, -0.1) is 0 Å². The fourth-order valence-corrected chi connectivity index (χ4v) is 2.37. The van der Waals surface area contributed by atoms with E-state index in [9.17, 15) is 9.50 Å². The highest BCUT2D eigenvalue weighted by atomic mass is 35.5. The second-order valence-electron chi connectivity index (χ2n) is 4.63. The van der Waals surface area contributed by atoms with Crippen LogP contribution < -0.4 is 10.8 Å². The number of aromatic hydroxyl groups is 1. The third-order valence-electron chi connectivity index (χ3n) is 3.21. The Bertz CT molecular complexity index is 908. The SMILES string of the molecule is O[NH2+]c1cc2c(Nc3ccc(Cl)c(Cl)c3F)ncnc2cc1O. The molecule has 0 aliphatic rings. The van der Waals surface area contributed by atoms with Crippen molar-refractivity contribution in [2.24, 2.45) is 0 Å². The summed E-state index contributed by atoms with van der Waals surface area (Å²) < 4.78 is 14.1. The van der Waals surface area contributed by atoms with E-state index in [4.69, 9.17) is 28.4 Å². The van der Waals surface area contributed by atoms with Crippen LogP contribution in [-0.2, 0) is 0 Å². The summed E-state index contributed by atoms with van der Waals surface area (Å²) in [5.41, 5.74) is 1.45. The van der Waals surface area contributed by atoms with Gasteiger partial charge in [0.2, 0.25) is 5.69 Å². The number of nitrogens with one attached hydrogen (secondary N) is 1. The number of halogens is 3. The van der Waals surface area contributed by atoms with Crippen LogP contribution in [0.5, 0.6) is 5.75 Å². The summed E-state index contributed by atoms with van der Waals surface area (Å²) in [6.07, 6.45) is 1.27. The van der Waals surface area contributed by atoms with Gasteiger partial charge in [0, 0.05) is 17.5 Å². The Hall–Kier alpha value is -2.19. The Morgan fingerprint density at radius 2 is 1.96 bits per heavy atom. The zero-order chi connectivity index (χ0) is 16.6. The van der Waals surface area contributed by atoms with Crippen LogP contribution in [0.1, 0.15) is 0 Å². The smallest absolute Gasteiger partial charge is 0.204 e. The van der Waals surface area contributed by atoms with Crippen molar-refractivity contribution in [3.63, 3.8) is 0 Å². The van der Waals surface area contributed by atoms with Gasteiger partial charge in [0.15, 0.2) is 11.6 Å². The molecule has 0 radical (unpaired) electrons. The largest absolute Gasteiger partial charge is 0.503 e. The molecule has 118 valence electrons. The van der Waals surface area contributed by atoms with E-state index in [0.29, 0.717) is 10.9 Å². The Balaban J connectivity index is 2.12. The molecule has 1 heterocycles. The van der Waals surface area contributed by atoms with Crippen LogP contribution in [0.15, 0.2) is 30.6 Å². The van der Waals surface area contributed by atoms with Gasteiger partial charge in [0.1, 0.15) is 12.1 Å². The van der Waals surface area contributed by atoms with Gasteiger partial charge in [0.05, 0.1) is 21.2 Å². The van der Waals surface area contributed by atoms with Crippen molar-refractivity contribution in [3.8, 4) is 5.75 Å². The molecule has 3 rings (SSSR count). The van der Waals surface area contributed by atoms with Gasteiger partial charge in [-0.2, -0.15) is 5.48 Å². The molecule has 0 aliphatic heterocycles. The minimum Gasteiger partial charge on any atom is -0.503 e. The Kier molecular flexibility index (Phi) is 4.18. The topological polar surface area (TPSA) is 94.9 Å². The standard InChI is InChI=1S/C14H9Cl2FN4O2/c15-7-1-2-8(13(17)12(7)16)20-14-6-3-10(21-23)11(22)4-9(6)18-5-19-14/h1-5,21-23H,(H,18,19,20)/p+1. The molecule has 0 aliphatic carbocycles. The fraction of sp³-hybridized carbons (Fsp3) is 0. The van der Waals surface area contributed by atoms with Crippen molar-refractivity contribution in [2.45, 2.75) is 0 Å². The van der Waals surface area contributed by atoms with Crippen LogP contribution in [0.25, 0.3) is 10.9 Å². The molecular weight excluding hydrogens is 346 g/mol. The molecule has 0 unspecified atom stereocenters. The number of benzene rings is 2. The Morgan fingerprint density at radius 3 is 2.70 bits per heavy atom. The number of rotatable bonds is 3. The monoisotopic (exact) mass is 355 g/mol. The molecule has 6 nitrogen and oxygen atoms in total. The molecule has 2 aromatic carbocycles. The summed E-state index contributed by atoms with van der Waals surface area (Å²) in [6, 6.07) is 5.73. The number of anilines is 2. The van der Waals surface area contributed by atoms with Crippen LogP contribution in [0.3, 0.4) is 0 Å². The van der Waals surface area contributed by atoms with Crippen LogP contribution in [0.2, 0.25) is 10.0 Å². The van der Waals surface area contributed by atoms with Crippen molar-refractivity contribution in [2.75, 3.05) is 5.32 Å². The van der Waals surface area contributed by atoms with Crippen molar-refractivity contribution < 1.29 is 20.2 Å². The first-order chi connectivity index (χ1) is 11.0. The van der Waals surface area contributed by atoms with E-state index < -0.39 is 5.82 Å². The van der Waals surface area contributed by atoms with E-state index in [1.165, 1.54) is 30.6 Å². The first-order valence-electron chi connectivity index (χ1n) is 6.37. The average Bonchev–Trinajstić information content (AvgIpc) is 2.55. The first kappa shape index (κ1) is 15.7. The number of phenols is 1. The van der Waals surface area contributed by atoms with Crippen molar-refractivity contribution in [3.05, 3.63) is 46.5 Å². The van der Waals surface area contributed by atoms with E-state index >= 15 is 0 Å². The molecule has 3 aromatic rings. The maximum absolute atomic E-state index is 14.1. The molecule has 0 atom stereocenters. The van der Waals surface area contributed by atoms with Crippen molar-refractivity contribution >= 4 is 51.3 Å². The van der Waals surface area contributed by atoms with Gasteiger partial charge in [-0.1, -0.05) is 23.2 Å². The molecule has 23 heavy (non-hydrogen) atoms. The highest BCUT2D eigenvalue weighted by Crippen LogP contribution is 2.34. The lowest BCUT2D eigenvalue weighted by Gasteiger charge is -2.11. The number of nitrogens with two attached hydrogens (primary N) is 1. The lowest BCUT2D eigenvalue weighted by atomic mass is 10.2. The zero-order valence-corrected chi connectivity index (χ0v) is 12.9. The molecule has 5 N–H and O–H groups in total. The van der Waals surface area contributed by atoms with Crippen LogP contribution >= 0.6 is 23.2 Å². The molecule has 0 amide bonds. The summed E-state index contributed by atoms with van der Waals surface area (Å²) in [5.74, 6) is -0.556. The second kappa shape index (κ2) is 6.13. The van der Waals surface area contributed by atoms with E-state index in [2.05, 4.69) is 15.3 Å². The molecule has 0 spiro atoms. The number of fused-ring (bicyclic) bond motifs is 1. The summed E-state index contributed by atoms with van der Waals surface area (Å²) in [5, 5.41) is 22.1. The number of hydrogen-bond acceptors (Lipinski definition) is 5. The van der Waals surface area contributed by atoms with Gasteiger partial charge in [-0.3, -0.25) is 0 Å². The number of hydrogen-bond donors (Lipinski definition) is 4. The average molecular weight is 356 g/mol. The molecule has 0 saturated heterocycles. The number of phenolic OH excluding ortho intramolecular Hbond substituents is 1. The number of aromatic nitrogens is 2. The van der Waals surface area contributed by atoms with Gasteiger partial charge >= 0.3 is 0 Å². The maximum Gasteiger partial charge on any atom is 0.204 e. The molecule has 9 heteroatoms. The summed E-state index contributed by atoms with van der Waals surface area (Å²) in [4.78, 5) is 8.08. The molecular formula is C14H10Cl2FN4O2+. The summed E-state index contributed by atoms with van der Waals surface area (Å²) >= 11 is 11.5. The van der Waals surface area contributed by atoms with E-state index in [-0.39, 0.29) is 33.0 Å². The van der Waals surface area contributed by atoms with E-state index in [1.54, 1.807) is 0 Å². The minimum absolute atomic E-state index is 0.0852. The Morgan fingerprint density at radius 1 is 1.17 bits per heavy atom.